The molecule has 10 rings (SSSR count). The van der Waals surface area contributed by atoms with Gasteiger partial charge in [-0.3, -0.25) is 9.13 Å². The minimum absolute atomic E-state index is 0.463. The number of nitrogen functional groups attached to an aromatic ring is 2. The number of nitrogens with one attached hydrogen (secondary N) is 2. The Kier molecular flexibility index (Phi) is 5.55. The number of benzene rings is 4. The molecule has 0 spiro atoms. The molecule has 13 heteroatoms. The third-order valence-corrected chi connectivity index (χ3v) is 8.71. The van der Waals surface area contributed by atoms with E-state index in [0.717, 1.165) is 61.1 Å². The summed E-state index contributed by atoms with van der Waals surface area (Å²) in [6.45, 7) is 0. The lowest BCUT2D eigenvalue weighted by Gasteiger charge is -2.16. The Bertz CT molecular complexity index is 2690. The van der Waals surface area contributed by atoms with E-state index in [-0.39, 0.29) is 0 Å². The van der Waals surface area contributed by atoms with E-state index < -0.39 is 0 Å². The largest absolute Gasteiger partial charge is 0.399 e. The topological polar surface area (TPSA) is 168 Å². The second-order valence-electron chi connectivity index (χ2n) is 11.8. The SMILES string of the molecule is Nc1cccc(Nc2cccc3ncn(-c4nc5ncnc6nc(-n7cnc8cccc(Nc9cccc(N)c9)c87)c7ccc4c7n56)c23)c1. The molecule has 0 aliphatic rings. The third-order valence-electron chi connectivity index (χ3n) is 8.71. The smallest absolute Gasteiger partial charge is 0.240 e. The van der Waals surface area contributed by atoms with Crippen molar-refractivity contribution < 1.29 is 0 Å². The Morgan fingerprint density at radius 2 is 1.00 bits per heavy atom. The van der Waals surface area contributed by atoms with Crippen LogP contribution in [-0.2, 0) is 0 Å². The first-order chi connectivity index (χ1) is 24.1. The molecule has 0 atom stereocenters. The molecule has 0 aliphatic heterocycles. The van der Waals surface area contributed by atoms with Crippen molar-refractivity contribution in [2.24, 2.45) is 0 Å². The van der Waals surface area contributed by atoms with E-state index in [1.807, 2.05) is 98.5 Å². The number of nitrogens with two attached hydrogens (primary N) is 2. The second kappa shape index (κ2) is 10.1. The number of anilines is 6. The Morgan fingerprint density at radius 3 is 1.49 bits per heavy atom. The lowest BCUT2D eigenvalue weighted by Crippen LogP contribution is -2.10. The first kappa shape index (κ1) is 26.9. The van der Waals surface area contributed by atoms with Crippen LogP contribution in [0, 0.1) is 0 Å². The van der Waals surface area contributed by atoms with E-state index in [4.69, 9.17) is 31.4 Å². The van der Waals surface area contributed by atoms with Crippen LogP contribution in [0.15, 0.2) is 116 Å². The molecule has 5 heterocycles. The fraction of sp³-hybridized carbons (Fsp3) is 0. The Morgan fingerprint density at radius 1 is 0.510 bits per heavy atom. The summed E-state index contributed by atoms with van der Waals surface area (Å²) in [5, 5.41) is 8.81. The van der Waals surface area contributed by atoms with Gasteiger partial charge < -0.3 is 22.1 Å². The molecule has 0 saturated heterocycles. The van der Waals surface area contributed by atoms with Crippen LogP contribution >= 0.6 is 0 Å². The maximum atomic E-state index is 6.08. The summed E-state index contributed by atoms with van der Waals surface area (Å²) in [4.78, 5) is 28.7. The average molecular weight is 640 g/mol. The normalized spacial score (nSPS) is 11.8. The van der Waals surface area contributed by atoms with E-state index in [1.54, 1.807) is 12.7 Å². The van der Waals surface area contributed by atoms with Crippen molar-refractivity contribution in [2.45, 2.75) is 0 Å². The van der Waals surface area contributed by atoms with Crippen LogP contribution in [0.2, 0.25) is 0 Å². The lowest BCUT2D eigenvalue weighted by atomic mass is 10.2. The molecule has 10 aromatic rings. The highest BCUT2D eigenvalue weighted by atomic mass is 15.2. The zero-order valence-corrected chi connectivity index (χ0v) is 25.6. The zero-order valence-electron chi connectivity index (χ0n) is 25.6. The van der Waals surface area contributed by atoms with Gasteiger partial charge in [0, 0.05) is 33.5 Å². The van der Waals surface area contributed by atoms with Gasteiger partial charge in [-0.2, -0.15) is 9.97 Å². The van der Waals surface area contributed by atoms with Crippen LogP contribution in [0.3, 0.4) is 0 Å². The van der Waals surface area contributed by atoms with Gasteiger partial charge in [0.1, 0.15) is 19.0 Å². The van der Waals surface area contributed by atoms with Gasteiger partial charge in [-0.25, -0.2) is 24.3 Å². The van der Waals surface area contributed by atoms with Crippen molar-refractivity contribution in [2.75, 3.05) is 22.1 Å². The van der Waals surface area contributed by atoms with Gasteiger partial charge in [0.05, 0.1) is 39.0 Å². The van der Waals surface area contributed by atoms with Gasteiger partial charge >= 0.3 is 0 Å². The third kappa shape index (κ3) is 4.12. The number of rotatable bonds is 6. The minimum atomic E-state index is 0.463. The number of aromatic nitrogens is 9. The van der Waals surface area contributed by atoms with Gasteiger partial charge in [-0.05, 0) is 72.8 Å². The summed E-state index contributed by atoms with van der Waals surface area (Å²) < 4.78 is 5.89. The van der Waals surface area contributed by atoms with Crippen molar-refractivity contribution in [3.63, 3.8) is 0 Å². The molecule has 0 unspecified atom stereocenters. The Hall–Kier alpha value is -7.28. The van der Waals surface area contributed by atoms with Crippen molar-refractivity contribution in [3.05, 3.63) is 116 Å². The number of imidazole rings is 2. The quantitative estimate of drug-likeness (QED) is 0.146. The first-order valence-corrected chi connectivity index (χ1v) is 15.5. The molecule has 13 nitrogen and oxygen atoms in total. The Labute approximate surface area is 276 Å². The lowest BCUT2D eigenvalue weighted by molar-refractivity contribution is 0.958. The molecule has 6 N–H and O–H groups in total. The number of hydrogen-bond acceptors (Lipinski definition) is 10. The summed E-state index contributed by atoms with van der Waals surface area (Å²) in [5.41, 5.74) is 21.2. The maximum absolute atomic E-state index is 6.08. The van der Waals surface area contributed by atoms with Crippen molar-refractivity contribution in [1.82, 2.24) is 43.4 Å². The standard InChI is InChI=1S/C36H25N13/c37-20-5-1-7-22(15-20)43-28-11-3-9-26-31(28)47(18-41-26)33-24-13-14-25-30(24)49-35(45-33)39-17-40-36(49)46-34(25)48-19-42-27-10-4-12-29(32(27)48)44-23-8-2-6-21(38)16-23/h1-19,43-44H,37-38H2. The summed E-state index contributed by atoms with van der Waals surface area (Å²) >= 11 is 0. The van der Waals surface area contributed by atoms with Crippen molar-refractivity contribution in [1.29, 1.82) is 0 Å². The molecule has 0 radical (unpaired) electrons. The molecule has 0 aliphatic carbocycles. The zero-order chi connectivity index (χ0) is 32.6. The summed E-state index contributed by atoms with van der Waals surface area (Å²) in [6, 6.07) is 31.3. The predicted octanol–water partition coefficient (Wildman–Crippen LogP) is 6.59. The molecule has 0 fully saturated rings. The highest BCUT2D eigenvalue weighted by Crippen LogP contribution is 2.37. The van der Waals surface area contributed by atoms with Crippen LogP contribution in [0.4, 0.5) is 34.1 Å². The highest BCUT2D eigenvalue weighted by Gasteiger charge is 2.23. The molecular weight excluding hydrogens is 614 g/mol. The van der Waals surface area contributed by atoms with Gasteiger partial charge in [0.25, 0.3) is 0 Å². The Balaban J connectivity index is 1.20. The molecular formula is C36H25N13. The van der Waals surface area contributed by atoms with E-state index in [9.17, 15) is 0 Å². The van der Waals surface area contributed by atoms with Gasteiger partial charge in [-0.1, -0.05) is 24.3 Å². The van der Waals surface area contributed by atoms with Crippen LogP contribution in [0.1, 0.15) is 0 Å². The van der Waals surface area contributed by atoms with E-state index in [1.165, 1.54) is 6.33 Å². The van der Waals surface area contributed by atoms with Crippen LogP contribution in [0.5, 0.6) is 0 Å². The number of hydrogen-bond donors (Lipinski definition) is 4. The summed E-state index contributed by atoms with van der Waals surface area (Å²) in [7, 11) is 0. The van der Waals surface area contributed by atoms with Gasteiger partial charge in [0.2, 0.25) is 11.6 Å². The molecule has 234 valence electrons. The van der Waals surface area contributed by atoms with Crippen LogP contribution in [0.25, 0.3) is 61.5 Å². The second-order valence-corrected chi connectivity index (χ2v) is 11.8. The fourth-order valence-electron chi connectivity index (χ4n) is 6.64. The number of fused-ring (bicyclic) bond motifs is 2. The van der Waals surface area contributed by atoms with E-state index in [0.29, 0.717) is 34.6 Å². The summed E-state index contributed by atoms with van der Waals surface area (Å²) in [5.74, 6) is 2.28. The first-order valence-electron chi connectivity index (χ1n) is 15.5. The summed E-state index contributed by atoms with van der Waals surface area (Å²) in [6.07, 6.45) is 5.07. The van der Waals surface area contributed by atoms with Gasteiger partial charge in [0.15, 0.2) is 11.6 Å². The van der Waals surface area contributed by atoms with Crippen LogP contribution in [-0.4, -0.2) is 43.4 Å². The fourth-order valence-corrected chi connectivity index (χ4v) is 6.64. The maximum Gasteiger partial charge on any atom is 0.240 e. The highest BCUT2D eigenvalue weighted by molar-refractivity contribution is 6.08. The molecule has 5 aromatic heterocycles. The van der Waals surface area contributed by atoms with E-state index >= 15 is 0 Å². The predicted molar refractivity (Wildman–Crippen MR) is 192 cm³/mol. The van der Waals surface area contributed by atoms with Crippen molar-refractivity contribution >= 4 is 84.0 Å². The minimum Gasteiger partial charge on any atom is -0.399 e. The average Bonchev–Trinajstić information content (AvgIpc) is 3.86. The molecule has 5 aromatic carbocycles. The molecule has 0 saturated carbocycles. The molecule has 0 bridgehead atoms. The number of para-hydroxylation sites is 2. The van der Waals surface area contributed by atoms with Gasteiger partial charge in [-0.15, -0.1) is 0 Å². The number of nitrogens with zero attached hydrogens (tertiary/aromatic N) is 9. The monoisotopic (exact) mass is 639 g/mol. The van der Waals surface area contributed by atoms with Crippen LogP contribution < -0.4 is 22.1 Å². The molecule has 0 amide bonds. The van der Waals surface area contributed by atoms with Crippen molar-refractivity contribution in [3.8, 4) is 11.6 Å². The molecule has 49 heavy (non-hydrogen) atoms. The van der Waals surface area contributed by atoms with E-state index in [2.05, 4.69) is 32.7 Å².